The Kier molecular flexibility index (Phi) is 3.53. The van der Waals surface area contributed by atoms with Crippen molar-refractivity contribution in [2.45, 2.75) is 6.04 Å². The van der Waals surface area contributed by atoms with E-state index in [-0.39, 0.29) is 11.9 Å². The first-order valence-electron chi connectivity index (χ1n) is 6.19. The van der Waals surface area contributed by atoms with E-state index in [0.717, 1.165) is 21.5 Å². The zero-order valence-corrected chi connectivity index (χ0v) is 12.4. The molecule has 1 aliphatic rings. The predicted molar refractivity (Wildman–Crippen MR) is 79.0 cm³/mol. The van der Waals surface area contributed by atoms with Crippen molar-refractivity contribution in [1.82, 2.24) is 0 Å². The van der Waals surface area contributed by atoms with Gasteiger partial charge in [-0.1, -0.05) is 15.9 Å². The molecule has 104 valence electrons. The van der Waals surface area contributed by atoms with Crippen LogP contribution in [0.4, 0.5) is 10.1 Å². The maximum absolute atomic E-state index is 13.5. The number of rotatable bonds is 2. The van der Waals surface area contributed by atoms with Gasteiger partial charge in [0.15, 0.2) is 0 Å². The van der Waals surface area contributed by atoms with Gasteiger partial charge in [-0.2, -0.15) is 0 Å². The van der Waals surface area contributed by atoms with Gasteiger partial charge in [0, 0.05) is 10.0 Å². The molecule has 0 aromatic heterocycles. The summed E-state index contributed by atoms with van der Waals surface area (Å²) < 4.78 is 25.4. The van der Waals surface area contributed by atoms with E-state index in [1.807, 2.05) is 18.2 Å². The van der Waals surface area contributed by atoms with Crippen LogP contribution < -0.4 is 14.8 Å². The lowest BCUT2D eigenvalue weighted by Gasteiger charge is -2.28. The molecule has 1 atom stereocenters. The van der Waals surface area contributed by atoms with Gasteiger partial charge in [0.2, 0.25) is 0 Å². The maximum Gasteiger partial charge on any atom is 0.143 e. The maximum atomic E-state index is 13.5. The van der Waals surface area contributed by atoms with Crippen LogP contribution in [0.3, 0.4) is 0 Å². The van der Waals surface area contributed by atoms with Crippen LogP contribution in [0.1, 0.15) is 11.6 Å². The molecule has 0 saturated carbocycles. The van der Waals surface area contributed by atoms with Gasteiger partial charge in [-0.05, 0) is 36.4 Å². The molecule has 3 nitrogen and oxygen atoms in total. The van der Waals surface area contributed by atoms with Crippen LogP contribution in [-0.2, 0) is 0 Å². The van der Waals surface area contributed by atoms with E-state index in [9.17, 15) is 4.39 Å². The molecule has 3 rings (SSSR count). The minimum absolute atomic E-state index is 0.144. The third-order valence-corrected chi connectivity index (χ3v) is 3.74. The number of anilines is 1. The zero-order valence-electron chi connectivity index (χ0n) is 10.8. The summed E-state index contributed by atoms with van der Waals surface area (Å²) in [5.41, 5.74) is 1.64. The van der Waals surface area contributed by atoms with E-state index in [4.69, 9.17) is 9.47 Å². The van der Waals surface area contributed by atoms with Crippen LogP contribution in [0.15, 0.2) is 40.9 Å². The summed E-state index contributed by atoms with van der Waals surface area (Å²) in [7, 11) is 1.57. The van der Waals surface area contributed by atoms with Crippen molar-refractivity contribution in [2.24, 2.45) is 0 Å². The van der Waals surface area contributed by atoms with Crippen molar-refractivity contribution < 1.29 is 13.9 Å². The Hall–Kier alpha value is -1.75. The second kappa shape index (κ2) is 5.32. The quantitative estimate of drug-likeness (QED) is 0.893. The van der Waals surface area contributed by atoms with E-state index < -0.39 is 0 Å². The Morgan fingerprint density at radius 1 is 1.30 bits per heavy atom. The van der Waals surface area contributed by atoms with E-state index in [2.05, 4.69) is 21.2 Å². The number of hydrogen-bond acceptors (Lipinski definition) is 3. The highest BCUT2D eigenvalue weighted by Crippen LogP contribution is 2.38. The monoisotopic (exact) mass is 337 g/mol. The second-order valence-electron chi connectivity index (χ2n) is 4.53. The van der Waals surface area contributed by atoms with Crippen LogP contribution in [0.5, 0.6) is 11.5 Å². The van der Waals surface area contributed by atoms with E-state index in [0.29, 0.717) is 12.4 Å². The number of hydrogen-bond donors (Lipinski definition) is 1. The molecular weight excluding hydrogens is 325 g/mol. The number of halogens is 2. The summed E-state index contributed by atoms with van der Waals surface area (Å²) in [5, 5.41) is 3.35. The van der Waals surface area contributed by atoms with Gasteiger partial charge in [-0.15, -0.1) is 0 Å². The zero-order chi connectivity index (χ0) is 14.1. The van der Waals surface area contributed by atoms with Gasteiger partial charge in [-0.3, -0.25) is 0 Å². The van der Waals surface area contributed by atoms with Crippen molar-refractivity contribution >= 4 is 21.6 Å². The molecule has 5 heteroatoms. The van der Waals surface area contributed by atoms with Gasteiger partial charge in [0.05, 0.1) is 18.8 Å². The van der Waals surface area contributed by atoms with Gasteiger partial charge in [-0.25, -0.2) is 4.39 Å². The largest absolute Gasteiger partial charge is 0.496 e. The molecule has 1 N–H and O–H groups in total. The summed E-state index contributed by atoms with van der Waals surface area (Å²) >= 11 is 3.41. The summed E-state index contributed by atoms with van der Waals surface area (Å²) in [4.78, 5) is 0. The first kappa shape index (κ1) is 13.2. The topological polar surface area (TPSA) is 30.5 Å². The summed E-state index contributed by atoms with van der Waals surface area (Å²) in [6.07, 6.45) is 0. The van der Waals surface area contributed by atoms with E-state index >= 15 is 0 Å². The van der Waals surface area contributed by atoms with E-state index in [1.54, 1.807) is 13.2 Å². The van der Waals surface area contributed by atoms with Crippen molar-refractivity contribution in [1.29, 1.82) is 0 Å². The summed E-state index contributed by atoms with van der Waals surface area (Å²) in [5.74, 6) is 1.14. The molecule has 1 heterocycles. The fourth-order valence-corrected chi connectivity index (χ4v) is 2.62. The van der Waals surface area contributed by atoms with Gasteiger partial charge >= 0.3 is 0 Å². The average Bonchev–Trinajstić information content (AvgIpc) is 2.46. The molecule has 1 aliphatic heterocycles. The first-order valence-corrected chi connectivity index (χ1v) is 6.99. The smallest absolute Gasteiger partial charge is 0.143 e. The molecule has 0 aliphatic carbocycles. The van der Waals surface area contributed by atoms with Crippen molar-refractivity contribution in [3.8, 4) is 11.5 Å². The first-order chi connectivity index (χ1) is 9.67. The molecule has 20 heavy (non-hydrogen) atoms. The summed E-state index contributed by atoms with van der Waals surface area (Å²) in [6, 6.07) is 10.1. The lowest BCUT2D eigenvalue weighted by atomic mass is 10.0. The van der Waals surface area contributed by atoms with Gasteiger partial charge < -0.3 is 14.8 Å². The highest BCUT2D eigenvalue weighted by molar-refractivity contribution is 9.10. The predicted octanol–water partition coefficient (Wildman–Crippen LogP) is 4.14. The number of ether oxygens (including phenoxy) is 2. The third-order valence-electron chi connectivity index (χ3n) is 3.25. The van der Waals surface area contributed by atoms with Crippen LogP contribution >= 0.6 is 15.9 Å². The number of fused-ring (bicyclic) bond motifs is 1. The Bertz CT molecular complexity index is 648. The molecule has 0 fully saturated rings. The summed E-state index contributed by atoms with van der Waals surface area (Å²) in [6.45, 7) is 0.420. The lowest BCUT2D eigenvalue weighted by molar-refractivity contribution is 0.282. The standard InChI is InChI=1S/C15H13BrFNO2/c1-19-14-5-3-10(17)7-11(14)13-8-20-15-6-9(16)2-4-12(15)18-13/h2-7,13,18H,8H2,1H3. The molecule has 2 aromatic rings. The number of benzene rings is 2. The average molecular weight is 338 g/mol. The second-order valence-corrected chi connectivity index (χ2v) is 5.45. The number of methoxy groups -OCH3 is 1. The molecule has 0 radical (unpaired) electrons. The fraction of sp³-hybridized carbons (Fsp3) is 0.200. The lowest BCUT2D eigenvalue weighted by Crippen LogP contribution is -2.24. The van der Waals surface area contributed by atoms with Gasteiger partial charge in [0.1, 0.15) is 23.9 Å². The van der Waals surface area contributed by atoms with Crippen molar-refractivity contribution in [2.75, 3.05) is 19.0 Å². The van der Waals surface area contributed by atoms with Crippen molar-refractivity contribution in [3.63, 3.8) is 0 Å². The van der Waals surface area contributed by atoms with Crippen LogP contribution in [0.25, 0.3) is 0 Å². The van der Waals surface area contributed by atoms with Crippen LogP contribution in [-0.4, -0.2) is 13.7 Å². The normalized spacial score (nSPS) is 16.9. The number of nitrogens with one attached hydrogen (secondary N) is 1. The molecule has 0 spiro atoms. The minimum atomic E-state index is -0.288. The Morgan fingerprint density at radius 2 is 2.15 bits per heavy atom. The van der Waals surface area contributed by atoms with Crippen LogP contribution in [0.2, 0.25) is 0 Å². The Balaban J connectivity index is 1.94. The fourth-order valence-electron chi connectivity index (χ4n) is 2.28. The molecule has 0 amide bonds. The Morgan fingerprint density at radius 3 is 2.95 bits per heavy atom. The Labute approximate surface area is 124 Å². The highest BCUT2D eigenvalue weighted by Gasteiger charge is 2.23. The third kappa shape index (κ3) is 2.45. The van der Waals surface area contributed by atoms with Crippen molar-refractivity contribution in [3.05, 3.63) is 52.3 Å². The van der Waals surface area contributed by atoms with Gasteiger partial charge in [0.25, 0.3) is 0 Å². The minimum Gasteiger partial charge on any atom is -0.496 e. The molecule has 2 aromatic carbocycles. The van der Waals surface area contributed by atoms with E-state index in [1.165, 1.54) is 12.1 Å². The van der Waals surface area contributed by atoms with Crippen LogP contribution in [0, 0.1) is 5.82 Å². The molecule has 1 unspecified atom stereocenters. The highest BCUT2D eigenvalue weighted by atomic mass is 79.9. The SMILES string of the molecule is COc1ccc(F)cc1C1COc2cc(Br)ccc2N1. The molecule has 0 bridgehead atoms. The molecule has 0 saturated heterocycles. The molecular formula is C15H13BrFNO2.